The van der Waals surface area contributed by atoms with Crippen LogP contribution in [0.4, 0.5) is 0 Å². The Bertz CT molecular complexity index is 855. The van der Waals surface area contributed by atoms with Gasteiger partial charge in [0.25, 0.3) is 0 Å². The Balaban J connectivity index is 1.61. The van der Waals surface area contributed by atoms with Crippen molar-refractivity contribution in [3.63, 3.8) is 0 Å². The molecule has 5 heteroatoms. The van der Waals surface area contributed by atoms with E-state index in [0.29, 0.717) is 6.54 Å². The van der Waals surface area contributed by atoms with Crippen molar-refractivity contribution in [2.75, 3.05) is 6.54 Å². The van der Waals surface area contributed by atoms with Crippen molar-refractivity contribution in [3.05, 3.63) is 53.6 Å². The van der Waals surface area contributed by atoms with Crippen molar-refractivity contribution in [2.45, 2.75) is 45.7 Å². The summed E-state index contributed by atoms with van der Waals surface area (Å²) >= 11 is 0. The zero-order valence-corrected chi connectivity index (χ0v) is 14.8. The Morgan fingerprint density at radius 2 is 1.92 bits per heavy atom. The number of aryl methyl sites for hydroxylation is 2. The predicted molar refractivity (Wildman–Crippen MR) is 98.3 cm³/mol. The lowest BCUT2D eigenvalue weighted by Crippen LogP contribution is -2.41. The summed E-state index contributed by atoms with van der Waals surface area (Å²) in [5.41, 5.74) is 4.26. The largest absolute Gasteiger partial charge is 0.340 e. The van der Waals surface area contributed by atoms with Crippen LogP contribution in [0.15, 0.2) is 36.4 Å². The number of imidazole rings is 1. The Hall–Kier alpha value is -2.56. The summed E-state index contributed by atoms with van der Waals surface area (Å²) in [6.07, 6.45) is 3.16. The number of aromatic nitrogens is 3. The lowest BCUT2D eigenvalue weighted by Gasteiger charge is -2.35. The molecule has 1 unspecified atom stereocenters. The van der Waals surface area contributed by atoms with Crippen molar-refractivity contribution >= 4 is 16.9 Å². The Kier molecular flexibility index (Phi) is 4.07. The minimum atomic E-state index is 0.0461. The predicted octanol–water partition coefficient (Wildman–Crippen LogP) is 3.74. The molecule has 3 heterocycles. The number of benzene rings is 1. The van der Waals surface area contributed by atoms with E-state index in [-0.39, 0.29) is 11.9 Å². The molecule has 0 radical (unpaired) electrons. The Labute approximate surface area is 147 Å². The van der Waals surface area contributed by atoms with Gasteiger partial charge < -0.3 is 14.5 Å². The third-order valence-corrected chi connectivity index (χ3v) is 5.26. The van der Waals surface area contributed by atoms with E-state index in [1.165, 1.54) is 0 Å². The molecule has 25 heavy (non-hydrogen) atoms. The molecule has 0 bridgehead atoms. The maximum atomic E-state index is 13.0. The van der Waals surface area contributed by atoms with Crippen LogP contribution in [0.25, 0.3) is 11.0 Å². The molecule has 0 spiro atoms. The molecule has 1 aliphatic rings. The van der Waals surface area contributed by atoms with Gasteiger partial charge in [0.2, 0.25) is 5.91 Å². The van der Waals surface area contributed by atoms with Gasteiger partial charge in [0, 0.05) is 17.9 Å². The van der Waals surface area contributed by atoms with Crippen LogP contribution in [-0.4, -0.2) is 31.9 Å². The van der Waals surface area contributed by atoms with Gasteiger partial charge in [-0.25, -0.2) is 4.98 Å². The van der Waals surface area contributed by atoms with Crippen LogP contribution < -0.4 is 0 Å². The molecular formula is C20H24N4O. The fourth-order valence-corrected chi connectivity index (χ4v) is 3.82. The normalized spacial score (nSPS) is 18.0. The van der Waals surface area contributed by atoms with Crippen molar-refractivity contribution in [1.29, 1.82) is 0 Å². The first-order chi connectivity index (χ1) is 12.1. The number of piperidine rings is 1. The molecule has 5 nitrogen and oxygen atoms in total. The van der Waals surface area contributed by atoms with Gasteiger partial charge in [0.05, 0.1) is 17.1 Å². The monoisotopic (exact) mass is 336 g/mol. The summed E-state index contributed by atoms with van der Waals surface area (Å²) in [6.45, 7) is 5.31. The first kappa shape index (κ1) is 15.9. The maximum Gasteiger partial charge on any atom is 0.243 e. The first-order valence-electron chi connectivity index (χ1n) is 9.00. The summed E-state index contributed by atoms with van der Waals surface area (Å²) < 4.78 is 2.09. The van der Waals surface area contributed by atoms with Gasteiger partial charge >= 0.3 is 0 Å². The molecule has 4 rings (SSSR count). The number of carbonyl (C=O) groups excluding carboxylic acids is 1. The number of para-hydroxylation sites is 2. The topological polar surface area (TPSA) is 53.9 Å². The Morgan fingerprint density at radius 1 is 1.16 bits per heavy atom. The summed E-state index contributed by atoms with van der Waals surface area (Å²) in [6, 6.07) is 12.2. The number of fused-ring (bicyclic) bond motifs is 1. The molecule has 0 saturated carbocycles. The molecule has 1 aromatic carbocycles. The van der Waals surface area contributed by atoms with Gasteiger partial charge in [-0.1, -0.05) is 12.1 Å². The molecule has 130 valence electrons. The molecule has 1 saturated heterocycles. The number of nitrogens with one attached hydrogen (secondary N) is 1. The number of likely N-dealkylation sites (tertiary alicyclic amines) is 1. The number of hydrogen-bond acceptors (Lipinski definition) is 2. The van der Waals surface area contributed by atoms with Crippen molar-refractivity contribution in [3.8, 4) is 0 Å². The second-order valence-corrected chi connectivity index (χ2v) is 6.94. The van der Waals surface area contributed by atoms with Gasteiger partial charge in [-0.3, -0.25) is 4.79 Å². The molecule has 1 fully saturated rings. The number of hydrogen-bond donors (Lipinski definition) is 1. The highest BCUT2D eigenvalue weighted by Gasteiger charge is 2.30. The van der Waals surface area contributed by atoms with Crippen LogP contribution in [0, 0.1) is 13.8 Å². The molecule has 1 aliphatic heterocycles. The minimum absolute atomic E-state index is 0.0461. The average Bonchev–Trinajstić information content (AvgIpc) is 3.20. The van der Waals surface area contributed by atoms with Crippen LogP contribution in [0.5, 0.6) is 0 Å². The Morgan fingerprint density at radius 3 is 2.68 bits per heavy atom. The highest BCUT2D eigenvalue weighted by Crippen LogP contribution is 2.31. The molecule has 1 amide bonds. The summed E-state index contributed by atoms with van der Waals surface area (Å²) in [4.78, 5) is 23.2. The highest BCUT2D eigenvalue weighted by atomic mass is 16.2. The second-order valence-electron chi connectivity index (χ2n) is 6.94. The molecule has 3 aromatic rings. The number of amides is 1. The van der Waals surface area contributed by atoms with Gasteiger partial charge in [-0.2, -0.15) is 0 Å². The minimum Gasteiger partial charge on any atom is -0.340 e. The summed E-state index contributed by atoms with van der Waals surface area (Å²) in [5.74, 6) is 1.09. The quantitative estimate of drug-likeness (QED) is 0.792. The zero-order valence-electron chi connectivity index (χ0n) is 14.8. The highest BCUT2D eigenvalue weighted by molar-refractivity contribution is 5.78. The molecular weight excluding hydrogens is 312 g/mol. The van der Waals surface area contributed by atoms with E-state index in [9.17, 15) is 4.79 Å². The third-order valence-electron chi connectivity index (χ3n) is 5.26. The van der Waals surface area contributed by atoms with Gasteiger partial charge in [0.15, 0.2) is 0 Å². The number of carbonyl (C=O) groups is 1. The summed E-state index contributed by atoms with van der Waals surface area (Å²) in [7, 11) is 0. The van der Waals surface area contributed by atoms with Crippen molar-refractivity contribution in [2.24, 2.45) is 0 Å². The van der Waals surface area contributed by atoms with E-state index >= 15 is 0 Å². The van der Waals surface area contributed by atoms with Crippen LogP contribution >= 0.6 is 0 Å². The van der Waals surface area contributed by atoms with E-state index in [1.54, 1.807) is 0 Å². The SMILES string of the molecule is Cc1ccc(C)n1CC(=O)N1CCCCC1c1nc2ccccc2[nH]1. The summed E-state index contributed by atoms with van der Waals surface area (Å²) in [5, 5.41) is 0. The maximum absolute atomic E-state index is 13.0. The van der Waals surface area contributed by atoms with E-state index in [0.717, 1.165) is 54.1 Å². The number of rotatable bonds is 3. The fourth-order valence-electron chi connectivity index (χ4n) is 3.82. The van der Waals surface area contributed by atoms with E-state index in [1.807, 2.05) is 43.0 Å². The van der Waals surface area contributed by atoms with Gasteiger partial charge in [-0.05, 0) is 57.4 Å². The van der Waals surface area contributed by atoms with Gasteiger partial charge in [-0.15, -0.1) is 0 Å². The van der Waals surface area contributed by atoms with E-state index in [2.05, 4.69) is 21.7 Å². The lowest BCUT2D eigenvalue weighted by molar-refractivity contribution is -0.136. The zero-order chi connectivity index (χ0) is 17.4. The van der Waals surface area contributed by atoms with Crippen molar-refractivity contribution in [1.82, 2.24) is 19.4 Å². The van der Waals surface area contributed by atoms with E-state index in [4.69, 9.17) is 4.98 Å². The standard InChI is InChI=1S/C20H24N4O/c1-14-10-11-15(2)24(14)13-19(25)23-12-6-5-9-18(23)20-21-16-7-3-4-8-17(16)22-20/h3-4,7-8,10-11,18H,5-6,9,12-13H2,1-2H3,(H,21,22). The van der Waals surface area contributed by atoms with Crippen LogP contribution in [0.1, 0.15) is 42.5 Å². The fraction of sp³-hybridized carbons (Fsp3) is 0.400. The number of nitrogens with zero attached hydrogens (tertiary/aromatic N) is 3. The van der Waals surface area contributed by atoms with Crippen LogP contribution in [0.3, 0.4) is 0 Å². The van der Waals surface area contributed by atoms with Crippen molar-refractivity contribution < 1.29 is 4.79 Å². The molecule has 2 aromatic heterocycles. The molecule has 1 atom stereocenters. The van der Waals surface area contributed by atoms with E-state index < -0.39 is 0 Å². The van der Waals surface area contributed by atoms with Gasteiger partial charge in [0.1, 0.15) is 12.4 Å². The second kappa shape index (κ2) is 6.39. The average molecular weight is 336 g/mol. The lowest BCUT2D eigenvalue weighted by atomic mass is 10.0. The number of H-pyrrole nitrogens is 1. The van der Waals surface area contributed by atoms with Crippen LogP contribution in [0.2, 0.25) is 0 Å². The first-order valence-corrected chi connectivity index (χ1v) is 9.00. The van der Waals surface area contributed by atoms with Crippen LogP contribution in [-0.2, 0) is 11.3 Å². The number of aromatic amines is 1. The smallest absolute Gasteiger partial charge is 0.243 e. The molecule has 0 aliphatic carbocycles. The third kappa shape index (κ3) is 2.95. The molecule has 1 N–H and O–H groups in total.